The fraction of sp³-hybridized carbons (Fsp3) is 0.750. The van der Waals surface area contributed by atoms with Crippen LogP contribution in [0.1, 0.15) is 25.5 Å². The predicted octanol–water partition coefficient (Wildman–Crippen LogP) is 0.431. The van der Waals surface area contributed by atoms with Crippen LogP contribution in [0, 0.1) is 0 Å². The summed E-state index contributed by atoms with van der Waals surface area (Å²) in [6.07, 6.45) is 4.43. The van der Waals surface area contributed by atoms with Gasteiger partial charge < -0.3 is 8.74 Å². The van der Waals surface area contributed by atoms with E-state index in [1.165, 1.54) is 0 Å². The van der Waals surface area contributed by atoms with Crippen LogP contribution in [0.2, 0.25) is 0 Å². The van der Waals surface area contributed by atoms with Gasteiger partial charge in [-0.25, -0.2) is 4.21 Å². The Morgan fingerprint density at radius 3 is 3.13 bits per heavy atom. The van der Waals surface area contributed by atoms with E-state index in [0.717, 1.165) is 18.5 Å². The minimum atomic E-state index is -2.42. The lowest BCUT2D eigenvalue weighted by molar-refractivity contribution is 0.286. The number of aromatic nitrogens is 3. The Balaban J connectivity index is 2.22. The molecule has 15 heavy (non-hydrogen) atoms. The van der Waals surface area contributed by atoms with Crippen LogP contribution in [0.3, 0.4) is 0 Å². The Labute approximate surface area is 91.1 Å². The molecule has 0 fully saturated rings. The zero-order valence-electron chi connectivity index (χ0n) is 8.59. The van der Waals surface area contributed by atoms with Gasteiger partial charge in [-0.1, -0.05) is 18.6 Å². The highest BCUT2D eigenvalue weighted by Crippen LogP contribution is 1.98. The van der Waals surface area contributed by atoms with E-state index in [9.17, 15) is 8.76 Å². The SMILES string of the molecule is CCCc1cn(CCCOS(=O)[O-])nn1. The molecule has 6 nitrogen and oxygen atoms in total. The van der Waals surface area contributed by atoms with Crippen LogP contribution in [-0.2, 0) is 28.5 Å². The normalized spacial score (nSPS) is 12.9. The minimum absolute atomic E-state index is 0.180. The van der Waals surface area contributed by atoms with Crippen molar-refractivity contribution >= 4 is 11.4 Å². The Kier molecular flexibility index (Phi) is 5.44. The lowest BCUT2D eigenvalue weighted by Crippen LogP contribution is -2.04. The summed E-state index contributed by atoms with van der Waals surface area (Å²) in [6, 6.07) is 0. The van der Waals surface area contributed by atoms with Gasteiger partial charge >= 0.3 is 0 Å². The number of rotatable bonds is 7. The largest absolute Gasteiger partial charge is 0.750 e. The number of hydrogen-bond donors (Lipinski definition) is 0. The van der Waals surface area contributed by atoms with Gasteiger partial charge in [0.15, 0.2) is 0 Å². The summed E-state index contributed by atoms with van der Waals surface area (Å²) in [5, 5.41) is 7.88. The molecule has 1 aromatic rings. The van der Waals surface area contributed by atoms with E-state index < -0.39 is 11.4 Å². The predicted molar refractivity (Wildman–Crippen MR) is 53.5 cm³/mol. The van der Waals surface area contributed by atoms with Crippen molar-refractivity contribution in [3.05, 3.63) is 11.9 Å². The van der Waals surface area contributed by atoms with E-state index in [2.05, 4.69) is 21.4 Å². The summed E-state index contributed by atoms with van der Waals surface area (Å²) < 4.78 is 26.2. The maximum Gasteiger partial charge on any atom is 0.0842 e. The van der Waals surface area contributed by atoms with Gasteiger partial charge in [0.25, 0.3) is 0 Å². The molecule has 0 N–H and O–H groups in total. The number of hydrogen-bond acceptors (Lipinski definition) is 5. The van der Waals surface area contributed by atoms with Gasteiger partial charge in [-0.3, -0.25) is 4.68 Å². The van der Waals surface area contributed by atoms with Crippen LogP contribution in [0.4, 0.5) is 0 Å². The molecule has 0 saturated heterocycles. The summed E-state index contributed by atoms with van der Waals surface area (Å²) in [5.74, 6) is 0. The topological polar surface area (TPSA) is 80.1 Å². The van der Waals surface area contributed by atoms with Crippen LogP contribution < -0.4 is 0 Å². The summed E-state index contributed by atoms with van der Waals surface area (Å²) >= 11 is -2.42. The first kappa shape index (κ1) is 12.3. The minimum Gasteiger partial charge on any atom is -0.750 e. The summed E-state index contributed by atoms with van der Waals surface area (Å²) in [7, 11) is 0. The molecule has 1 heterocycles. The standard InChI is InChI=1S/C8H15N3O3S/c1-2-4-8-7-11(10-9-8)5-3-6-14-15(12)13/h7H,2-6H2,1H3,(H,12,13)/p-1. The van der Waals surface area contributed by atoms with Crippen LogP contribution in [0.25, 0.3) is 0 Å². The fourth-order valence-electron chi connectivity index (χ4n) is 1.17. The monoisotopic (exact) mass is 232 g/mol. The van der Waals surface area contributed by atoms with Crippen molar-refractivity contribution in [2.75, 3.05) is 6.61 Å². The van der Waals surface area contributed by atoms with E-state index in [1.54, 1.807) is 4.68 Å². The summed E-state index contributed by atoms with van der Waals surface area (Å²) in [6.45, 7) is 2.88. The highest BCUT2D eigenvalue weighted by molar-refractivity contribution is 7.74. The maximum absolute atomic E-state index is 10.0. The molecule has 7 heteroatoms. The fourth-order valence-corrected chi connectivity index (χ4v) is 1.43. The molecule has 0 spiro atoms. The molecule has 0 aromatic carbocycles. The zero-order valence-corrected chi connectivity index (χ0v) is 9.40. The first-order valence-corrected chi connectivity index (χ1v) is 5.84. The number of nitrogens with zero attached hydrogens (tertiary/aromatic N) is 3. The molecule has 86 valence electrons. The van der Waals surface area contributed by atoms with Gasteiger partial charge in [0, 0.05) is 12.7 Å². The average Bonchev–Trinajstić information content (AvgIpc) is 2.61. The molecule has 1 atom stereocenters. The third-order valence-corrected chi connectivity index (χ3v) is 2.16. The van der Waals surface area contributed by atoms with Gasteiger partial charge in [0.05, 0.1) is 23.7 Å². The quantitative estimate of drug-likeness (QED) is 0.503. The van der Waals surface area contributed by atoms with Gasteiger partial charge in [0.2, 0.25) is 0 Å². The molecule has 1 unspecified atom stereocenters. The smallest absolute Gasteiger partial charge is 0.0842 e. The van der Waals surface area contributed by atoms with Gasteiger partial charge in [-0.2, -0.15) is 0 Å². The van der Waals surface area contributed by atoms with Crippen molar-refractivity contribution in [1.82, 2.24) is 15.0 Å². The average molecular weight is 232 g/mol. The second-order valence-corrected chi connectivity index (χ2v) is 3.75. The van der Waals surface area contributed by atoms with Crippen molar-refractivity contribution in [2.24, 2.45) is 0 Å². The Morgan fingerprint density at radius 2 is 2.47 bits per heavy atom. The summed E-state index contributed by atoms with van der Waals surface area (Å²) in [5.41, 5.74) is 0.964. The first-order valence-electron chi connectivity index (χ1n) is 4.84. The molecule has 0 aliphatic rings. The highest BCUT2D eigenvalue weighted by atomic mass is 32.2. The first-order chi connectivity index (χ1) is 7.22. The van der Waals surface area contributed by atoms with E-state index >= 15 is 0 Å². The molecule has 0 radical (unpaired) electrons. The lowest BCUT2D eigenvalue weighted by atomic mass is 10.3. The number of aryl methyl sites for hydroxylation is 2. The van der Waals surface area contributed by atoms with Crippen LogP contribution >= 0.6 is 0 Å². The summed E-state index contributed by atoms with van der Waals surface area (Å²) in [4.78, 5) is 0. The van der Waals surface area contributed by atoms with Gasteiger partial charge in [-0.05, 0) is 12.8 Å². The Morgan fingerprint density at radius 1 is 1.67 bits per heavy atom. The molecule has 1 aromatic heterocycles. The second kappa shape index (κ2) is 6.65. The van der Waals surface area contributed by atoms with Crippen molar-refractivity contribution in [1.29, 1.82) is 0 Å². The van der Waals surface area contributed by atoms with E-state index in [-0.39, 0.29) is 6.61 Å². The highest BCUT2D eigenvalue weighted by Gasteiger charge is 1.99. The molecule has 0 saturated carbocycles. The molecule has 0 aliphatic heterocycles. The van der Waals surface area contributed by atoms with Crippen molar-refractivity contribution in [3.63, 3.8) is 0 Å². The van der Waals surface area contributed by atoms with E-state index in [4.69, 9.17) is 0 Å². The Bertz CT molecular complexity index is 316. The van der Waals surface area contributed by atoms with Crippen molar-refractivity contribution in [3.8, 4) is 0 Å². The third-order valence-electron chi connectivity index (χ3n) is 1.80. The third kappa shape index (κ3) is 5.01. The van der Waals surface area contributed by atoms with Crippen LogP contribution in [0.5, 0.6) is 0 Å². The molecular formula is C8H14N3O3S-. The van der Waals surface area contributed by atoms with Crippen LogP contribution in [0.15, 0.2) is 6.20 Å². The molecule has 0 amide bonds. The van der Waals surface area contributed by atoms with E-state index in [1.807, 2.05) is 6.20 Å². The lowest BCUT2D eigenvalue weighted by Gasteiger charge is -2.04. The molecule has 0 aliphatic carbocycles. The molecule has 0 bridgehead atoms. The van der Waals surface area contributed by atoms with Crippen molar-refractivity contribution in [2.45, 2.75) is 32.7 Å². The van der Waals surface area contributed by atoms with E-state index in [0.29, 0.717) is 13.0 Å². The molecule has 1 rings (SSSR count). The van der Waals surface area contributed by atoms with Gasteiger partial charge in [-0.15, -0.1) is 5.10 Å². The second-order valence-electron chi connectivity index (χ2n) is 3.10. The van der Waals surface area contributed by atoms with Crippen molar-refractivity contribution < 1.29 is 12.9 Å². The van der Waals surface area contributed by atoms with Crippen LogP contribution in [-0.4, -0.2) is 30.4 Å². The molecular weight excluding hydrogens is 218 g/mol. The van der Waals surface area contributed by atoms with Gasteiger partial charge in [0.1, 0.15) is 0 Å². The Hall–Kier alpha value is -0.790. The maximum atomic E-state index is 10.0. The zero-order chi connectivity index (χ0) is 11.1.